The smallest absolute Gasteiger partial charge is 0.145 e. The Morgan fingerprint density at radius 1 is 1.60 bits per heavy atom. The molecule has 4 heteroatoms. The Hall–Kier alpha value is -1.00. The van der Waals surface area contributed by atoms with Crippen LogP contribution in [0.15, 0.2) is 12.4 Å². The van der Waals surface area contributed by atoms with E-state index in [1.165, 1.54) is 6.33 Å². The van der Waals surface area contributed by atoms with Gasteiger partial charge in [0, 0.05) is 5.69 Å². The van der Waals surface area contributed by atoms with Gasteiger partial charge in [0.15, 0.2) is 0 Å². The minimum Gasteiger partial charge on any atom is -0.373 e. The Kier molecular flexibility index (Phi) is 1.94. The van der Waals surface area contributed by atoms with Gasteiger partial charge in [0.2, 0.25) is 0 Å². The zero-order chi connectivity index (χ0) is 7.56. The highest BCUT2D eigenvalue weighted by Crippen LogP contribution is 2.02. The molecule has 0 aliphatic carbocycles. The molecule has 0 radical (unpaired) electrons. The van der Waals surface area contributed by atoms with Gasteiger partial charge >= 0.3 is 0 Å². The van der Waals surface area contributed by atoms with Gasteiger partial charge in [-0.05, 0) is 13.0 Å². The van der Waals surface area contributed by atoms with Crippen LogP contribution in [0.4, 0.5) is 0 Å². The molecule has 0 aliphatic rings. The SMILES string of the molecule is Cc1cc(C(N)O)ncn1. The predicted octanol–water partition coefficient (Wildman–Crippen LogP) is -0.265. The van der Waals surface area contributed by atoms with E-state index < -0.39 is 6.23 Å². The molecule has 0 aliphatic heterocycles. The van der Waals surface area contributed by atoms with E-state index in [1.54, 1.807) is 6.07 Å². The van der Waals surface area contributed by atoms with Crippen LogP contribution in [0.1, 0.15) is 17.6 Å². The molecule has 0 spiro atoms. The molecule has 1 atom stereocenters. The molecule has 4 nitrogen and oxygen atoms in total. The highest BCUT2D eigenvalue weighted by atomic mass is 16.3. The van der Waals surface area contributed by atoms with E-state index in [-0.39, 0.29) is 0 Å². The van der Waals surface area contributed by atoms with E-state index in [0.717, 1.165) is 5.69 Å². The minimum absolute atomic E-state index is 0.451. The van der Waals surface area contributed by atoms with E-state index in [9.17, 15) is 0 Å². The number of aryl methyl sites for hydroxylation is 1. The second kappa shape index (κ2) is 2.72. The third-order valence-electron chi connectivity index (χ3n) is 1.13. The topological polar surface area (TPSA) is 72.0 Å². The van der Waals surface area contributed by atoms with E-state index in [4.69, 9.17) is 10.8 Å². The van der Waals surface area contributed by atoms with Gasteiger partial charge < -0.3 is 10.8 Å². The van der Waals surface area contributed by atoms with Gasteiger partial charge in [-0.25, -0.2) is 9.97 Å². The maximum absolute atomic E-state index is 8.84. The van der Waals surface area contributed by atoms with Crippen molar-refractivity contribution in [3.63, 3.8) is 0 Å². The van der Waals surface area contributed by atoms with Crippen LogP contribution in [0.25, 0.3) is 0 Å². The zero-order valence-corrected chi connectivity index (χ0v) is 5.65. The second-order valence-corrected chi connectivity index (χ2v) is 2.03. The summed E-state index contributed by atoms with van der Waals surface area (Å²) in [5.74, 6) is 0. The quantitative estimate of drug-likeness (QED) is 0.525. The van der Waals surface area contributed by atoms with Crippen molar-refractivity contribution >= 4 is 0 Å². The first-order valence-electron chi connectivity index (χ1n) is 2.92. The Labute approximate surface area is 58.7 Å². The third-order valence-corrected chi connectivity index (χ3v) is 1.13. The summed E-state index contributed by atoms with van der Waals surface area (Å²) in [7, 11) is 0. The van der Waals surface area contributed by atoms with Crippen LogP contribution < -0.4 is 5.73 Å². The molecule has 1 aromatic heterocycles. The number of hydrogen-bond acceptors (Lipinski definition) is 4. The first kappa shape index (κ1) is 7.11. The molecule has 0 saturated carbocycles. The molecule has 10 heavy (non-hydrogen) atoms. The van der Waals surface area contributed by atoms with Crippen molar-refractivity contribution in [3.8, 4) is 0 Å². The van der Waals surface area contributed by atoms with Gasteiger partial charge in [0.25, 0.3) is 0 Å². The summed E-state index contributed by atoms with van der Waals surface area (Å²) in [6, 6.07) is 1.64. The number of nitrogens with two attached hydrogens (primary N) is 1. The average Bonchev–Trinajstić information content (AvgIpc) is 1.88. The lowest BCUT2D eigenvalue weighted by molar-refractivity contribution is 0.181. The van der Waals surface area contributed by atoms with Crippen molar-refractivity contribution in [2.75, 3.05) is 0 Å². The first-order chi connectivity index (χ1) is 4.70. The average molecular weight is 139 g/mol. The number of aliphatic hydroxyl groups excluding tert-OH is 1. The summed E-state index contributed by atoms with van der Waals surface area (Å²) in [6.07, 6.45) is 0.377. The molecule has 0 fully saturated rings. The van der Waals surface area contributed by atoms with Gasteiger partial charge in [-0.2, -0.15) is 0 Å². The molecule has 0 saturated heterocycles. The van der Waals surface area contributed by atoms with Gasteiger partial charge in [-0.15, -0.1) is 0 Å². The minimum atomic E-state index is -0.998. The first-order valence-corrected chi connectivity index (χ1v) is 2.92. The molecule has 1 unspecified atom stereocenters. The lowest BCUT2D eigenvalue weighted by Crippen LogP contribution is -2.10. The van der Waals surface area contributed by atoms with Crippen LogP contribution in [-0.4, -0.2) is 15.1 Å². The van der Waals surface area contributed by atoms with Crippen molar-refractivity contribution in [3.05, 3.63) is 23.8 Å². The lowest BCUT2D eigenvalue weighted by atomic mass is 10.3. The van der Waals surface area contributed by atoms with Crippen LogP contribution >= 0.6 is 0 Å². The summed E-state index contributed by atoms with van der Waals surface area (Å²) in [5.41, 5.74) is 6.40. The van der Waals surface area contributed by atoms with Crippen LogP contribution in [-0.2, 0) is 0 Å². The molecule has 0 amide bonds. The van der Waals surface area contributed by atoms with Crippen molar-refractivity contribution in [2.24, 2.45) is 5.73 Å². The molecule has 0 bridgehead atoms. The standard InChI is InChI=1S/C6H9N3O/c1-4-2-5(6(7)10)9-3-8-4/h2-3,6,10H,7H2,1H3. The molecule has 1 heterocycles. The van der Waals surface area contributed by atoms with E-state index in [1.807, 2.05) is 6.92 Å². The maximum Gasteiger partial charge on any atom is 0.145 e. The summed E-state index contributed by atoms with van der Waals surface area (Å²) in [5, 5.41) is 8.84. The van der Waals surface area contributed by atoms with Gasteiger partial charge in [-0.3, -0.25) is 0 Å². The van der Waals surface area contributed by atoms with Crippen molar-refractivity contribution in [1.82, 2.24) is 9.97 Å². The normalized spacial score (nSPS) is 13.1. The lowest BCUT2D eigenvalue weighted by Gasteiger charge is -2.01. The van der Waals surface area contributed by atoms with E-state index in [2.05, 4.69) is 9.97 Å². The van der Waals surface area contributed by atoms with Gasteiger partial charge in [-0.1, -0.05) is 0 Å². The number of aromatic nitrogens is 2. The molecule has 54 valence electrons. The molecule has 1 aromatic rings. The number of hydrogen-bond donors (Lipinski definition) is 2. The van der Waals surface area contributed by atoms with Crippen molar-refractivity contribution in [2.45, 2.75) is 13.2 Å². The summed E-state index contributed by atoms with van der Waals surface area (Å²) in [4.78, 5) is 7.60. The summed E-state index contributed by atoms with van der Waals surface area (Å²) < 4.78 is 0. The van der Waals surface area contributed by atoms with Crippen LogP contribution in [0.2, 0.25) is 0 Å². The molecular weight excluding hydrogens is 130 g/mol. The van der Waals surface area contributed by atoms with Crippen LogP contribution in [0.3, 0.4) is 0 Å². The fraction of sp³-hybridized carbons (Fsp3) is 0.333. The second-order valence-electron chi connectivity index (χ2n) is 2.03. The highest BCUT2D eigenvalue weighted by Gasteiger charge is 2.00. The monoisotopic (exact) mass is 139 g/mol. The number of rotatable bonds is 1. The fourth-order valence-corrected chi connectivity index (χ4v) is 0.637. The van der Waals surface area contributed by atoms with Gasteiger partial charge in [0.05, 0.1) is 5.69 Å². The highest BCUT2D eigenvalue weighted by molar-refractivity contribution is 5.07. The number of aliphatic hydroxyl groups is 1. The molecular formula is C6H9N3O. The van der Waals surface area contributed by atoms with E-state index in [0.29, 0.717) is 5.69 Å². The molecule has 3 N–H and O–H groups in total. The number of nitrogens with zero attached hydrogens (tertiary/aromatic N) is 2. The predicted molar refractivity (Wildman–Crippen MR) is 35.9 cm³/mol. The molecule has 0 aromatic carbocycles. The Morgan fingerprint density at radius 3 is 2.70 bits per heavy atom. The largest absolute Gasteiger partial charge is 0.373 e. The third kappa shape index (κ3) is 1.49. The summed E-state index contributed by atoms with van der Waals surface area (Å²) >= 11 is 0. The van der Waals surface area contributed by atoms with Crippen molar-refractivity contribution in [1.29, 1.82) is 0 Å². The van der Waals surface area contributed by atoms with Crippen LogP contribution in [0, 0.1) is 6.92 Å². The fourth-order valence-electron chi connectivity index (χ4n) is 0.637. The van der Waals surface area contributed by atoms with Gasteiger partial charge in [0.1, 0.15) is 12.6 Å². The Morgan fingerprint density at radius 2 is 2.30 bits per heavy atom. The molecule has 1 rings (SSSR count). The summed E-state index contributed by atoms with van der Waals surface area (Å²) in [6.45, 7) is 1.81. The van der Waals surface area contributed by atoms with E-state index >= 15 is 0 Å². The van der Waals surface area contributed by atoms with Crippen molar-refractivity contribution < 1.29 is 5.11 Å². The zero-order valence-electron chi connectivity index (χ0n) is 5.65. The Balaban J connectivity index is 2.96. The van der Waals surface area contributed by atoms with Crippen LogP contribution in [0.5, 0.6) is 0 Å². The maximum atomic E-state index is 8.84. The Bertz CT molecular complexity index is 224.